The molecule has 4 heteroatoms. The third-order valence-electron chi connectivity index (χ3n) is 3.18. The fraction of sp³-hybridized carbons (Fsp3) is 0.714. The number of cyclic esters (lactones) is 1. The highest BCUT2D eigenvalue weighted by atomic mass is 16.6. The van der Waals surface area contributed by atoms with Crippen LogP contribution in [0.5, 0.6) is 0 Å². The van der Waals surface area contributed by atoms with Gasteiger partial charge in [-0.3, -0.25) is 4.79 Å². The van der Waals surface area contributed by atoms with E-state index in [4.69, 9.17) is 4.74 Å². The Morgan fingerprint density at radius 1 is 1.56 bits per heavy atom. The first-order chi connectivity index (χ1) is 8.26. The van der Waals surface area contributed by atoms with E-state index in [2.05, 4.69) is 27.4 Å². The SMILES string of the molecule is C=C[C@@H](C)[C@H](CC(C)(C)C)C(=O)N1CCOC1=O. The lowest BCUT2D eigenvalue weighted by atomic mass is 9.78. The molecule has 1 saturated heterocycles. The van der Waals surface area contributed by atoms with Gasteiger partial charge in [-0.25, -0.2) is 9.69 Å². The maximum Gasteiger partial charge on any atom is 0.416 e. The molecule has 0 N–H and O–H groups in total. The fourth-order valence-electron chi connectivity index (χ4n) is 2.12. The summed E-state index contributed by atoms with van der Waals surface area (Å²) < 4.78 is 4.82. The minimum atomic E-state index is -0.518. The zero-order chi connectivity index (χ0) is 13.9. The van der Waals surface area contributed by atoms with Gasteiger partial charge in [-0.2, -0.15) is 0 Å². The summed E-state index contributed by atoms with van der Waals surface area (Å²) in [5, 5.41) is 0. The third kappa shape index (κ3) is 3.59. The van der Waals surface area contributed by atoms with Gasteiger partial charge in [0.2, 0.25) is 5.91 Å². The van der Waals surface area contributed by atoms with Gasteiger partial charge in [-0.15, -0.1) is 6.58 Å². The molecule has 0 unspecified atom stereocenters. The third-order valence-corrected chi connectivity index (χ3v) is 3.18. The molecule has 102 valence electrons. The van der Waals surface area contributed by atoms with Crippen molar-refractivity contribution >= 4 is 12.0 Å². The number of carbonyl (C=O) groups is 2. The number of ether oxygens (including phenoxy) is 1. The van der Waals surface area contributed by atoms with E-state index in [0.717, 1.165) is 6.42 Å². The summed E-state index contributed by atoms with van der Waals surface area (Å²) in [5.74, 6) is -0.307. The highest BCUT2D eigenvalue weighted by Crippen LogP contribution is 2.31. The van der Waals surface area contributed by atoms with Gasteiger partial charge < -0.3 is 4.74 Å². The monoisotopic (exact) mass is 253 g/mol. The van der Waals surface area contributed by atoms with E-state index in [9.17, 15) is 9.59 Å². The number of amides is 2. The summed E-state index contributed by atoms with van der Waals surface area (Å²) in [6.45, 7) is 12.6. The Morgan fingerprint density at radius 2 is 2.17 bits per heavy atom. The Kier molecular flexibility index (Phi) is 4.54. The Balaban J connectivity index is 2.85. The van der Waals surface area contributed by atoms with Crippen molar-refractivity contribution in [2.75, 3.05) is 13.2 Å². The van der Waals surface area contributed by atoms with E-state index in [1.54, 1.807) is 6.08 Å². The second-order valence-electron chi connectivity index (χ2n) is 6.07. The summed E-state index contributed by atoms with van der Waals surface area (Å²) in [6, 6.07) is 0. The van der Waals surface area contributed by atoms with Crippen molar-refractivity contribution in [1.29, 1.82) is 0 Å². The molecule has 0 aliphatic carbocycles. The van der Waals surface area contributed by atoms with Gasteiger partial charge in [0.05, 0.1) is 6.54 Å². The van der Waals surface area contributed by atoms with Gasteiger partial charge in [0, 0.05) is 5.92 Å². The van der Waals surface area contributed by atoms with Gasteiger partial charge >= 0.3 is 6.09 Å². The first-order valence-corrected chi connectivity index (χ1v) is 6.37. The predicted octanol–water partition coefficient (Wildman–Crippen LogP) is 2.84. The van der Waals surface area contributed by atoms with Crippen molar-refractivity contribution in [1.82, 2.24) is 4.90 Å². The van der Waals surface area contributed by atoms with Gasteiger partial charge in [0.25, 0.3) is 0 Å². The smallest absolute Gasteiger partial charge is 0.416 e. The molecule has 0 bridgehead atoms. The van der Waals surface area contributed by atoms with Crippen LogP contribution in [0.3, 0.4) is 0 Å². The number of imide groups is 1. The first-order valence-electron chi connectivity index (χ1n) is 6.37. The Morgan fingerprint density at radius 3 is 2.56 bits per heavy atom. The van der Waals surface area contributed by atoms with E-state index in [1.807, 2.05) is 6.92 Å². The van der Waals surface area contributed by atoms with E-state index < -0.39 is 6.09 Å². The van der Waals surface area contributed by atoms with Crippen LogP contribution in [-0.2, 0) is 9.53 Å². The number of allylic oxidation sites excluding steroid dienone is 1. The zero-order valence-electron chi connectivity index (χ0n) is 11.7. The Hall–Kier alpha value is -1.32. The second kappa shape index (κ2) is 5.55. The van der Waals surface area contributed by atoms with Crippen LogP contribution in [0.1, 0.15) is 34.1 Å². The van der Waals surface area contributed by atoms with Crippen molar-refractivity contribution in [3.05, 3.63) is 12.7 Å². The Bertz CT molecular complexity index is 343. The number of hydrogen-bond acceptors (Lipinski definition) is 3. The molecule has 0 aromatic carbocycles. The molecular formula is C14H23NO3. The normalized spacial score (nSPS) is 19.3. The van der Waals surface area contributed by atoms with Gasteiger partial charge in [-0.05, 0) is 17.8 Å². The predicted molar refractivity (Wildman–Crippen MR) is 70.0 cm³/mol. The standard InChI is InChI=1S/C14H23NO3/c1-6-10(2)11(9-14(3,4)5)12(16)15-7-8-18-13(15)17/h6,10-11H,1,7-9H2,2-5H3/t10-,11+/m1/s1. The highest BCUT2D eigenvalue weighted by molar-refractivity contribution is 5.94. The summed E-state index contributed by atoms with van der Waals surface area (Å²) in [5.41, 5.74) is 0.0290. The molecular weight excluding hydrogens is 230 g/mol. The second-order valence-corrected chi connectivity index (χ2v) is 6.07. The molecule has 1 aliphatic heterocycles. The molecule has 0 aromatic rings. The molecule has 0 saturated carbocycles. The minimum Gasteiger partial charge on any atom is -0.447 e. The van der Waals surface area contributed by atoms with Crippen LogP contribution in [0.25, 0.3) is 0 Å². The van der Waals surface area contributed by atoms with Gasteiger partial charge in [-0.1, -0.05) is 33.8 Å². The molecule has 1 aliphatic rings. The molecule has 1 heterocycles. The molecule has 18 heavy (non-hydrogen) atoms. The van der Waals surface area contributed by atoms with Crippen molar-refractivity contribution in [3.8, 4) is 0 Å². The molecule has 0 radical (unpaired) electrons. The molecule has 0 spiro atoms. The average Bonchev–Trinajstić information content (AvgIpc) is 2.69. The summed E-state index contributed by atoms with van der Waals surface area (Å²) in [4.78, 5) is 25.1. The van der Waals surface area contributed by atoms with Crippen molar-refractivity contribution in [2.45, 2.75) is 34.1 Å². The number of nitrogens with zero attached hydrogens (tertiary/aromatic N) is 1. The maximum absolute atomic E-state index is 12.4. The van der Waals surface area contributed by atoms with E-state index in [0.29, 0.717) is 13.2 Å². The molecule has 1 rings (SSSR count). The topological polar surface area (TPSA) is 46.6 Å². The average molecular weight is 253 g/mol. The molecule has 2 atom stereocenters. The van der Waals surface area contributed by atoms with Gasteiger partial charge in [0.1, 0.15) is 6.61 Å². The van der Waals surface area contributed by atoms with E-state index >= 15 is 0 Å². The number of carbonyl (C=O) groups excluding carboxylic acids is 2. The number of hydrogen-bond donors (Lipinski definition) is 0. The van der Waals surface area contributed by atoms with E-state index in [-0.39, 0.29) is 23.2 Å². The summed E-state index contributed by atoms with van der Waals surface area (Å²) in [6.07, 6.45) is 1.98. The molecule has 1 fully saturated rings. The summed E-state index contributed by atoms with van der Waals surface area (Å²) >= 11 is 0. The van der Waals surface area contributed by atoms with Crippen LogP contribution in [0, 0.1) is 17.3 Å². The lowest BCUT2D eigenvalue weighted by molar-refractivity contribution is -0.134. The van der Waals surface area contributed by atoms with Crippen LogP contribution in [-0.4, -0.2) is 30.1 Å². The Labute approximate surface area is 109 Å². The minimum absolute atomic E-state index is 0.0290. The molecule has 4 nitrogen and oxygen atoms in total. The van der Waals surface area contributed by atoms with Crippen LogP contribution in [0.2, 0.25) is 0 Å². The zero-order valence-corrected chi connectivity index (χ0v) is 11.7. The van der Waals surface area contributed by atoms with Crippen molar-refractivity contribution in [2.24, 2.45) is 17.3 Å². The quantitative estimate of drug-likeness (QED) is 0.724. The molecule has 2 amide bonds. The van der Waals surface area contributed by atoms with Crippen LogP contribution < -0.4 is 0 Å². The number of rotatable bonds is 4. The lowest BCUT2D eigenvalue weighted by Crippen LogP contribution is -2.40. The maximum atomic E-state index is 12.4. The van der Waals surface area contributed by atoms with Gasteiger partial charge in [0.15, 0.2) is 0 Å². The molecule has 0 aromatic heterocycles. The lowest BCUT2D eigenvalue weighted by Gasteiger charge is -2.29. The van der Waals surface area contributed by atoms with Crippen LogP contribution in [0.15, 0.2) is 12.7 Å². The fourth-order valence-corrected chi connectivity index (χ4v) is 2.12. The first kappa shape index (κ1) is 14.7. The van der Waals surface area contributed by atoms with Crippen LogP contribution in [0.4, 0.5) is 4.79 Å². The van der Waals surface area contributed by atoms with E-state index in [1.165, 1.54) is 4.90 Å². The highest BCUT2D eigenvalue weighted by Gasteiger charge is 2.37. The largest absolute Gasteiger partial charge is 0.447 e. The van der Waals surface area contributed by atoms with Crippen molar-refractivity contribution in [3.63, 3.8) is 0 Å². The van der Waals surface area contributed by atoms with Crippen molar-refractivity contribution < 1.29 is 14.3 Å². The summed E-state index contributed by atoms with van der Waals surface area (Å²) in [7, 11) is 0. The van der Waals surface area contributed by atoms with Crippen LogP contribution >= 0.6 is 0 Å².